The van der Waals surface area contributed by atoms with Gasteiger partial charge in [0.25, 0.3) is 0 Å². The summed E-state index contributed by atoms with van der Waals surface area (Å²) in [7, 11) is -1.75. The van der Waals surface area contributed by atoms with Crippen LogP contribution in [0.1, 0.15) is 35.1 Å². The number of ether oxygens (including phenoxy) is 1. The maximum atomic E-state index is 13.1. The van der Waals surface area contributed by atoms with Crippen molar-refractivity contribution >= 4 is 21.6 Å². The van der Waals surface area contributed by atoms with E-state index in [0.29, 0.717) is 19.0 Å². The van der Waals surface area contributed by atoms with Crippen LogP contribution in [0.4, 0.5) is 10.5 Å². The highest BCUT2D eigenvalue weighted by Gasteiger charge is 2.30. The quantitative estimate of drug-likeness (QED) is 0.564. The van der Waals surface area contributed by atoms with Crippen LogP contribution in [0.3, 0.4) is 0 Å². The lowest BCUT2D eigenvalue weighted by molar-refractivity contribution is 0.159. The largest absolute Gasteiger partial charge is 0.476 e. The zero-order valence-electron chi connectivity index (χ0n) is 17.6. The van der Waals surface area contributed by atoms with Crippen LogP contribution in [-0.4, -0.2) is 40.2 Å². The summed E-state index contributed by atoms with van der Waals surface area (Å²) in [4.78, 5) is 12.9. The van der Waals surface area contributed by atoms with Crippen molar-refractivity contribution in [1.29, 1.82) is 4.78 Å². The zero-order chi connectivity index (χ0) is 21.6. The molecule has 5 rings (SSSR count). The fourth-order valence-electron chi connectivity index (χ4n) is 5.03. The second-order valence-corrected chi connectivity index (χ2v) is 10.3. The average molecular weight is 445 g/mol. The number of hydrogen-bond donors (Lipinski definition) is 4. The van der Waals surface area contributed by atoms with Crippen molar-refractivity contribution in [3.05, 3.63) is 34.5 Å². The van der Waals surface area contributed by atoms with Crippen LogP contribution in [0, 0.1) is 10.7 Å². The van der Waals surface area contributed by atoms with Crippen molar-refractivity contribution in [2.45, 2.75) is 50.0 Å². The standard InChI is InChI=1S/C21H28N6O3S/c1-23-9-13-11-27-20(30-12-13)18(10-24-27)31(22,29)26-21(28)25-19-16-6-2-4-14(16)8-15-5-3-7-17(15)19/h8,10,13,23H,2-7,9,11-12H2,1H3,(H3,22,25,26,28,29)/t13-,31-/m1/s1. The fraction of sp³-hybridized carbons (Fsp3) is 0.524. The molecule has 0 saturated heterocycles. The predicted molar refractivity (Wildman–Crippen MR) is 117 cm³/mol. The Morgan fingerprint density at radius 2 is 1.97 bits per heavy atom. The summed E-state index contributed by atoms with van der Waals surface area (Å²) in [5.74, 6) is 0.541. The summed E-state index contributed by atoms with van der Waals surface area (Å²) in [6, 6.07) is 1.66. The third-order valence-corrected chi connectivity index (χ3v) is 7.77. The molecule has 31 heavy (non-hydrogen) atoms. The first kappa shape index (κ1) is 20.3. The minimum atomic E-state index is -3.62. The summed E-state index contributed by atoms with van der Waals surface area (Å²) >= 11 is 0. The Balaban J connectivity index is 1.36. The van der Waals surface area contributed by atoms with Crippen molar-refractivity contribution in [2.75, 3.05) is 25.5 Å². The third-order valence-electron chi connectivity index (χ3n) is 6.40. The van der Waals surface area contributed by atoms with Crippen molar-refractivity contribution in [3.63, 3.8) is 0 Å². The van der Waals surface area contributed by atoms with Gasteiger partial charge in [-0.05, 0) is 67.8 Å². The van der Waals surface area contributed by atoms with Gasteiger partial charge in [-0.3, -0.25) is 0 Å². The van der Waals surface area contributed by atoms with Gasteiger partial charge in [-0.15, -0.1) is 0 Å². The van der Waals surface area contributed by atoms with E-state index in [9.17, 15) is 9.00 Å². The molecule has 1 aliphatic heterocycles. The normalized spacial score (nSPS) is 20.9. The van der Waals surface area contributed by atoms with E-state index in [2.05, 4.69) is 26.5 Å². The molecule has 3 aliphatic rings. The Kier molecular flexibility index (Phi) is 5.13. The molecule has 1 aromatic carbocycles. The number of benzene rings is 1. The molecule has 0 saturated carbocycles. The molecule has 10 heteroatoms. The Hall–Kier alpha value is -2.59. The maximum absolute atomic E-state index is 13.1. The van der Waals surface area contributed by atoms with Gasteiger partial charge in [0.1, 0.15) is 4.90 Å². The van der Waals surface area contributed by atoms with Crippen LogP contribution in [0.5, 0.6) is 5.88 Å². The van der Waals surface area contributed by atoms with Gasteiger partial charge >= 0.3 is 6.03 Å². The highest BCUT2D eigenvalue weighted by atomic mass is 32.2. The van der Waals surface area contributed by atoms with E-state index < -0.39 is 15.9 Å². The molecule has 2 atom stereocenters. The summed E-state index contributed by atoms with van der Waals surface area (Å²) < 4.78 is 31.3. The van der Waals surface area contributed by atoms with Crippen molar-refractivity contribution in [3.8, 4) is 5.88 Å². The molecule has 0 fully saturated rings. The summed E-state index contributed by atoms with van der Waals surface area (Å²) in [5.41, 5.74) is 5.84. The molecule has 2 aromatic rings. The molecule has 2 amide bonds. The Morgan fingerprint density at radius 3 is 2.65 bits per heavy atom. The number of anilines is 1. The molecule has 0 unspecified atom stereocenters. The second-order valence-electron chi connectivity index (χ2n) is 8.58. The van der Waals surface area contributed by atoms with Crippen molar-refractivity contribution in [2.24, 2.45) is 5.92 Å². The van der Waals surface area contributed by atoms with E-state index in [1.54, 1.807) is 4.68 Å². The van der Waals surface area contributed by atoms with Gasteiger partial charge in [-0.2, -0.15) is 5.10 Å². The minimum Gasteiger partial charge on any atom is -0.476 e. The van der Waals surface area contributed by atoms with Gasteiger partial charge in [-0.1, -0.05) is 6.07 Å². The molecule has 2 heterocycles. The highest BCUT2D eigenvalue weighted by Crippen LogP contribution is 2.38. The number of hydrogen-bond acceptors (Lipinski definition) is 6. The molecule has 0 spiro atoms. The first-order chi connectivity index (χ1) is 15.0. The molecule has 2 aliphatic carbocycles. The van der Waals surface area contributed by atoms with Crippen LogP contribution >= 0.6 is 0 Å². The number of fused-ring (bicyclic) bond motifs is 3. The molecule has 0 radical (unpaired) electrons. The van der Waals surface area contributed by atoms with Gasteiger partial charge in [-0.25, -0.2) is 23.2 Å². The predicted octanol–water partition coefficient (Wildman–Crippen LogP) is 2.23. The van der Waals surface area contributed by atoms with E-state index in [4.69, 9.17) is 9.52 Å². The van der Waals surface area contributed by atoms with Gasteiger partial charge in [0.2, 0.25) is 5.88 Å². The fourth-order valence-corrected chi connectivity index (χ4v) is 6.06. The number of urea groups is 1. The van der Waals surface area contributed by atoms with Crippen LogP contribution in [-0.2, 0) is 42.1 Å². The maximum Gasteiger partial charge on any atom is 0.331 e. The molecule has 0 bridgehead atoms. The monoisotopic (exact) mass is 444 g/mol. The number of nitrogens with zero attached hydrogens (tertiary/aromatic N) is 2. The van der Waals surface area contributed by atoms with Gasteiger partial charge in [0.05, 0.1) is 19.3 Å². The lowest BCUT2D eigenvalue weighted by Crippen LogP contribution is -2.35. The number of nitrogens with one attached hydrogen (secondary N) is 4. The van der Waals surface area contributed by atoms with E-state index in [1.807, 2.05) is 7.05 Å². The third kappa shape index (κ3) is 3.67. The molecular formula is C21H28N6O3S. The SMILES string of the molecule is CNC[C@H]1COc2c([S@](=N)(=O)NC(=O)Nc3c4c(cc5c3CCC5)CCC4)cnn2C1. The topological polar surface area (TPSA) is 121 Å². The minimum absolute atomic E-state index is 0.106. The number of carbonyl (C=O) groups is 1. The van der Waals surface area contributed by atoms with Crippen LogP contribution in [0.15, 0.2) is 17.2 Å². The smallest absolute Gasteiger partial charge is 0.331 e. The summed E-state index contributed by atoms with van der Waals surface area (Å²) in [6.45, 7) is 1.83. The van der Waals surface area contributed by atoms with Crippen LogP contribution < -0.4 is 20.1 Å². The molecule has 4 N–H and O–H groups in total. The number of carbonyl (C=O) groups excluding carboxylic acids is 1. The van der Waals surface area contributed by atoms with E-state index in [0.717, 1.165) is 50.8 Å². The Labute approximate surface area is 182 Å². The lowest BCUT2D eigenvalue weighted by Gasteiger charge is -2.24. The molecular weight excluding hydrogens is 416 g/mol. The highest BCUT2D eigenvalue weighted by molar-refractivity contribution is 7.91. The number of rotatable bonds is 5. The zero-order valence-corrected chi connectivity index (χ0v) is 18.4. The summed E-state index contributed by atoms with van der Waals surface area (Å²) in [5, 5.41) is 10.3. The van der Waals surface area contributed by atoms with E-state index in [1.165, 1.54) is 28.5 Å². The number of amides is 2. The molecule has 166 valence electrons. The molecule has 9 nitrogen and oxygen atoms in total. The van der Waals surface area contributed by atoms with Gasteiger partial charge in [0, 0.05) is 18.2 Å². The van der Waals surface area contributed by atoms with Crippen LogP contribution in [0.2, 0.25) is 0 Å². The van der Waals surface area contributed by atoms with E-state index in [-0.39, 0.29) is 10.8 Å². The van der Waals surface area contributed by atoms with Crippen molar-refractivity contribution < 1.29 is 13.7 Å². The molecule has 1 aromatic heterocycles. The van der Waals surface area contributed by atoms with Crippen LogP contribution in [0.25, 0.3) is 0 Å². The number of aryl methyl sites for hydroxylation is 2. The lowest BCUT2D eigenvalue weighted by atomic mass is 9.99. The first-order valence-electron chi connectivity index (χ1n) is 10.8. The summed E-state index contributed by atoms with van der Waals surface area (Å²) in [6.07, 6.45) is 7.46. The van der Waals surface area contributed by atoms with Gasteiger partial charge in [0.15, 0.2) is 9.92 Å². The Morgan fingerprint density at radius 1 is 1.26 bits per heavy atom. The first-order valence-corrected chi connectivity index (χ1v) is 12.4. The second kappa shape index (κ2) is 7.83. The Bertz CT molecular complexity index is 1110. The van der Waals surface area contributed by atoms with E-state index >= 15 is 0 Å². The number of aromatic nitrogens is 2. The van der Waals surface area contributed by atoms with Crippen molar-refractivity contribution in [1.82, 2.24) is 19.8 Å². The average Bonchev–Trinajstić information content (AvgIpc) is 3.46. The van der Waals surface area contributed by atoms with Gasteiger partial charge < -0.3 is 15.4 Å².